The molecule has 2 unspecified atom stereocenters. The third-order valence-electron chi connectivity index (χ3n) is 4.77. The first-order valence-corrected chi connectivity index (χ1v) is 8.21. The molecule has 1 aromatic carbocycles. The van der Waals surface area contributed by atoms with Crippen LogP contribution < -0.4 is 10.1 Å². The van der Waals surface area contributed by atoms with Gasteiger partial charge in [-0.2, -0.15) is 0 Å². The fourth-order valence-corrected chi connectivity index (χ4v) is 3.62. The van der Waals surface area contributed by atoms with E-state index >= 15 is 0 Å². The first-order valence-electron chi connectivity index (χ1n) is 8.21. The molecule has 2 heterocycles. The van der Waals surface area contributed by atoms with Gasteiger partial charge in [-0.05, 0) is 25.3 Å². The molecule has 2 atom stereocenters. The van der Waals surface area contributed by atoms with Crippen molar-refractivity contribution in [3.63, 3.8) is 0 Å². The predicted molar refractivity (Wildman–Crippen MR) is 84.9 cm³/mol. The lowest BCUT2D eigenvalue weighted by molar-refractivity contribution is -0.0174. The van der Waals surface area contributed by atoms with Crippen LogP contribution in [0.2, 0.25) is 0 Å². The third-order valence-corrected chi connectivity index (χ3v) is 4.77. The van der Waals surface area contributed by atoms with Gasteiger partial charge in [-0.25, -0.2) is 0 Å². The fourth-order valence-electron chi connectivity index (χ4n) is 3.62. The van der Waals surface area contributed by atoms with E-state index in [9.17, 15) is 0 Å². The number of benzene rings is 1. The van der Waals surface area contributed by atoms with Gasteiger partial charge in [-0.3, -0.25) is 0 Å². The molecule has 116 valence electrons. The summed E-state index contributed by atoms with van der Waals surface area (Å²) < 4.78 is 11.7. The van der Waals surface area contributed by atoms with Gasteiger partial charge < -0.3 is 14.8 Å². The molecule has 2 aliphatic rings. The summed E-state index contributed by atoms with van der Waals surface area (Å²) in [6.45, 7) is 8.09. The van der Waals surface area contributed by atoms with Gasteiger partial charge in [0.1, 0.15) is 5.75 Å². The maximum Gasteiger partial charge on any atom is 0.122 e. The number of nitrogens with one attached hydrogen (secondary N) is 1. The molecule has 0 spiro atoms. The van der Waals surface area contributed by atoms with Gasteiger partial charge in [0.05, 0.1) is 13.2 Å². The van der Waals surface area contributed by atoms with Gasteiger partial charge in [0.2, 0.25) is 0 Å². The first kappa shape index (κ1) is 14.9. The van der Waals surface area contributed by atoms with Crippen molar-refractivity contribution in [3.8, 4) is 5.75 Å². The quantitative estimate of drug-likeness (QED) is 0.901. The summed E-state index contributed by atoms with van der Waals surface area (Å²) in [7, 11) is 0. The van der Waals surface area contributed by atoms with Gasteiger partial charge in [-0.1, -0.05) is 32.0 Å². The highest BCUT2D eigenvalue weighted by Crippen LogP contribution is 2.43. The molecule has 3 nitrogen and oxygen atoms in total. The zero-order valence-corrected chi connectivity index (χ0v) is 13.2. The van der Waals surface area contributed by atoms with Crippen molar-refractivity contribution >= 4 is 0 Å². The Hall–Kier alpha value is -1.06. The smallest absolute Gasteiger partial charge is 0.122 e. The Labute approximate surface area is 128 Å². The first-order chi connectivity index (χ1) is 10.2. The lowest BCUT2D eigenvalue weighted by atomic mass is 9.74. The summed E-state index contributed by atoms with van der Waals surface area (Å²) in [5, 5.41) is 3.63. The normalized spacial score (nSPS) is 28.4. The zero-order chi connectivity index (χ0) is 14.7. The van der Waals surface area contributed by atoms with Crippen LogP contribution in [0.4, 0.5) is 0 Å². The van der Waals surface area contributed by atoms with Crippen molar-refractivity contribution in [3.05, 3.63) is 29.8 Å². The molecule has 0 aromatic heterocycles. The number of fused-ring (bicyclic) bond motifs is 1. The SMILES string of the molecule is CC(C)NCC1(CC2COc3ccccc32)CCCOC1. The van der Waals surface area contributed by atoms with Gasteiger partial charge in [0.15, 0.2) is 0 Å². The van der Waals surface area contributed by atoms with Crippen LogP contribution in [0.1, 0.15) is 44.6 Å². The Morgan fingerprint density at radius 2 is 2.19 bits per heavy atom. The van der Waals surface area contributed by atoms with E-state index in [1.807, 2.05) is 0 Å². The van der Waals surface area contributed by atoms with Gasteiger partial charge in [0, 0.05) is 36.1 Å². The molecule has 1 aromatic rings. The van der Waals surface area contributed by atoms with Crippen LogP contribution >= 0.6 is 0 Å². The molecule has 1 N–H and O–H groups in total. The van der Waals surface area contributed by atoms with Crippen molar-refractivity contribution < 1.29 is 9.47 Å². The molecule has 3 heteroatoms. The molecule has 1 saturated heterocycles. The summed E-state index contributed by atoms with van der Waals surface area (Å²) in [5.41, 5.74) is 1.64. The van der Waals surface area contributed by atoms with Crippen LogP contribution in [0.25, 0.3) is 0 Å². The molecule has 0 saturated carbocycles. The second-order valence-electron chi connectivity index (χ2n) is 6.94. The van der Waals surface area contributed by atoms with E-state index in [2.05, 4.69) is 43.4 Å². The topological polar surface area (TPSA) is 30.5 Å². The van der Waals surface area contributed by atoms with E-state index in [-0.39, 0.29) is 5.41 Å². The van der Waals surface area contributed by atoms with Gasteiger partial charge in [-0.15, -0.1) is 0 Å². The van der Waals surface area contributed by atoms with E-state index in [4.69, 9.17) is 9.47 Å². The molecule has 0 aliphatic carbocycles. The van der Waals surface area contributed by atoms with Crippen molar-refractivity contribution in [1.82, 2.24) is 5.32 Å². The van der Waals surface area contributed by atoms with Crippen molar-refractivity contribution in [1.29, 1.82) is 0 Å². The average Bonchev–Trinajstić information content (AvgIpc) is 2.90. The molecule has 0 amide bonds. The van der Waals surface area contributed by atoms with Crippen LogP contribution in [0, 0.1) is 5.41 Å². The maximum atomic E-state index is 5.86. The molecule has 0 bridgehead atoms. The Morgan fingerprint density at radius 3 is 2.95 bits per heavy atom. The van der Waals surface area contributed by atoms with Gasteiger partial charge >= 0.3 is 0 Å². The largest absolute Gasteiger partial charge is 0.493 e. The lowest BCUT2D eigenvalue weighted by Gasteiger charge is -2.39. The number of ether oxygens (including phenoxy) is 2. The standard InChI is InChI=1S/C18H27NO2/c1-14(2)19-12-18(8-5-9-20-13-18)10-15-11-21-17-7-4-3-6-16(15)17/h3-4,6-7,14-15,19H,5,8-13H2,1-2H3. The summed E-state index contributed by atoms with van der Waals surface area (Å²) >= 11 is 0. The van der Waals surface area contributed by atoms with Crippen molar-refractivity contribution in [2.75, 3.05) is 26.4 Å². The minimum absolute atomic E-state index is 0.258. The van der Waals surface area contributed by atoms with Crippen molar-refractivity contribution in [2.24, 2.45) is 5.41 Å². The van der Waals surface area contributed by atoms with E-state index in [1.165, 1.54) is 18.4 Å². The Balaban J connectivity index is 1.73. The number of rotatable bonds is 5. The Morgan fingerprint density at radius 1 is 1.33 bits per heavy atom. The maximum absolute atomic E-state index is 5.86. The van der Waals surface area contributed by atoms with E-state index in [0.29, 0.717) is 12.0 Å². The molecular weight excluding hydrogens is 262 g/mol. The molecule has 3 rings (SSSR count). The average molecular weight is 289 g/mol. The third kappa shape index (κ3) is 3.41. The molecule has 0 radical (unpaired) electrons. The van der Waals surface area contributed by atoms with E-state index in [0.717, 1.165) is 38.5 Å². The highest BCUT2D eigenvalue weighted by Gasteiger charge is 2.38. The molecule has 21 heavy (non-hydrogen) atoms. The highest BCUT2D eigenvalue weighted by molar-refractivity contribution is 5.39. The Bertz CT molecular complexity index is 466. The summed E-state index contributed by atoms with van der Waals surface area (Å²) in [5.74, 6) is 1.59. The second kappa shape index (κ2) is 6.37. The summed E-state index contributed by atoms with van der Waals surface area (Å²) in [4.78, 5) is 0. The van der Waals surface area contributed by atoms with Crippen LogP contribution in [-0.4, -0.2) is 32.4 Å². The van der Waals surface area contributed by atoms with Crippen molar-refractivity contribution in [2.45, 2.75) is 45.1 Å². The van der Waals surface area contributed by atoms with Gasteiger partial charge in [0.25, 0.3) is 0 Å². The highest BCUT2D eigenvalue weighted by atomic mass is 16.5. The molecule has 1 fully saturated rings. The monoisotopic (exact) mass is 289 g/mol. The predicted octanol–water partition coefficient (Wildman–Crippen LogP) is 3.35. The second-order valence-corrected chi connectivity index (χ2v) is 6.94. The number of hydrogen-bond donors (Lipinski definition) is 1. The zero-order valence-electron chi connectivity index (χ0n) is 13.2. The van der Waals surface area contributed by atoms with E-state index in [1.54, 1.807) is 0 Å². The number of hydrogen-bond acceptors (Lipinski definition) is 3. The summed E-state index contributed by atoms with van der Waals surface area (Å²) in [6, 6.07) is 9.01. The Kier molecular flexibility index (Phi) is 4.51. The fraction of sp³-hybridized carbons (Fsp3) is 0.667. The van der Waals surface area contributed by atoms with Crippen LogP contribution in [0.3, 0.4) is 0 Å². The van der Waals surface area contributed by atoms with Crippen LogP contribution in [0.5, 0.6) is 5.75 Å². The number of para-hydroxylation sites is 1. The summed E-state index contributed by atoms with van der Waals surface area (Å²) in [6.07, 6.45) is 3.59. The minimum Gasteiger partial charge on any atom is -0.493 e. The molecule has 2 aliphatic heterocycles. The molecular formula is C18H27NO2. The lowest BCUT2D eigenvalue weighted by Crippen LogP contribution is -2.44. The minimum atomic E-state index is 0.258. The van der Waals surface area contributed by atoms with E-state index < -0.39 is 0 Å². The van der Waals surface area contributed by atoms with Crippen LogP contribution in [-0.2, 0) is 4.74 Å². The van der Waals surface area contributed by atoms with Crippen LogP contribution in [0.15, 0.2) is 24.3 Å².